The molecule has 3 rings (SSSR count). The van der Waals surface area contributed by atoms with Crippen molar-refractivity contribution in [1.29, 1.82) is 0 Å². The summed E-state index contributed by atoms with van der Waals surface area (Å²) >= 11 is 1.59. The maximum Gasteiger partial charge on any atom is 0.177 e. The first-order valence-electron chi connectivity index (χ1n) is 5.54. The Kier molecular flexibility index (Phi) is 2.56. The summed E-state index contributed by atoms with van der Waals surface area (Å²) in [4.78, 5) is 14.1. The molecule has 0 atom stereocenters. The zero-order valence-corrected chi connectivity index (χ0v) is 10.3. The molecule has 17 heavy (non-hydrogen) atoms. The summed E-state index contributed by atoms with van der Waals surface area (Å²) in [5.41, 5.74) is 2.39. The van der Waals surface area contributed by atoms with Crippen molar-refractivity contribution >= 4 is 17.5 Å². The molecule has 1 aromatic carbocycles. The highest BCUT2D eigenvalue weighted by Gasteiger charge is 2.27. The summed E-state index contributed by atoms with van der Waals surface area (Å²) in [6.07, 6.45) is 3.24. The third kappa shape index (κ3) is 1.80. The van der Waals surface area contributed by atoms with Gasteiger partial charge in [-0.3, -0.25) is 4.79 Å². The lowest BCUT2D eigenvalue weighted by molar-refractivity contribution is -0.115. The van der Waals surface area contributed by atoms with Crippen LogP contribution in [0.3, 0.4) is 0 Å². The molecule has 0 radical (unpaired) electrons. The molecule has 1 heterocycles. The number of allylic oxidation sites excluding steroid dienone is 4. The Balaban J connectivity index is 2.04. The molecule has 0 aromatic heterocycles. The van der Waals surface area contributed by atoms with Gasteiger partial charge in [0, 0.05) is 4.90 Å². The highest BCUT2D eigenvalue weighted by molar-refractivity contribution is 8.04. The maximum absolute atomic E-state index is 12.0. The number of rotatable bonds is 1. The highest BCUT2D eigenvalue weighted by Crippen LogP contribution is 2.42. The number of fused-ring (bicyclic) bond motifs is 1. The van der Waals surface area contributed by atoms with Crippen LogP contribution in [0.1, 0.15) is 12.0 Å². The molecule has 0 spiro atoms. The van der Waals surface area contributed by atoms with Gasteiger partial charge in [0.05, 0.1) is 18.4 Å². The fourth-order valence-electron chi connectivity index (χ4n) is 2.18. The van der Waals surface area contributed by atoms with Crippen LogP contribution in [0.25, 0.3) is 0 Å². The van der Waals surface area contributed by atoms with Crippen LogP contribution in [0.15, 0.2) is 51.5 Å². The van der Waals surface area contributed by atoms with E-state index in [0.29, 0.717) is 6.42 Å². The van der Waals surface area contributed by atoms with E-state index < -0.39 is 0 Å². The van der Waals surface area contributed by atoms with Gasteiger partial charge in [-0.05, 0) is 29.7 Å². The number of benzene rings is 1. The van der Waals surface area contributed by atoms with Crippen LogP contribution in [-0.2, 0) is 16.0 Å². The Morgan fingerprint density at radius 2 is 2.06 bits per heavy atom. The molecule has 0 amide bonds. The fraction of sp³-hybridized carbons (Fsp3) is 0.214. The van der Waals surface area contributed by atoms with E-state index in [1.165, 1.54) is 10.5 Å². The van der Waals surface area contributed by atoms with E-state index in [1.807, 2.05) is 18.2 Å². The molecule has 3 heteroatoms. The van der Waals surface area contributed by atoms with Gasteiger partial charge in [-0.15, -0.1) is 0 Å². The predicted octanol–water partition coefficient (Wildman–Crippen LogP) is 3.09. The summed E-state index contributed by atoms with van der Waals surface area (Å²) in [5, 5.41) is 0. The normalized spacial score (nSPS) is 18.4. The monoisotopic (exact) mass is 244 g/mol. The topological polar surface area (TPSA) is 26.3 Å². The number of ether oxygens (including phenoxy) is 1. The van der Waals surface area contributed by atoms with Crippen LogP contribution in [-0.4, -0.2) is 12.9 Å². The summed E-state index contributed by atoms with van der Waals surface area (Å²) in [7, 11) is 1.62. The number of ketones is 1. The van der Waals surface area contributed by atoms with Gasteiger partial charge in [-0.2, -0.15) is 0 Å². The molecule has 2 nitrogen and oxygen atoms in total. The Bertz CT molecular complexity index is 555. The van der Waals surface area contributed by atoms with E-state index in [9.17, 15) is 4.79 Å². The lowest BCUT2D eigenvalue weighted by Gasteiger charge is -2.23. The first-order valence-corrected chi connectivity index (χ1v) is 6.36. The molecule has 0 saturated carbocycles. The number of hydrogen-bond donors (Lipinski definition) is 0. The smallest absolute Gasteiger partial charge is 0.177 e. The lowest BCUT2D eigenvalue weighted by atomic mass is 9.97. The highest BCUT2D eigenvalue weighted by atomic mass is 32.2. The van der Waals surface area contributed by atoms with Crippen LogP contribution in [0, 0.1) is 0 Å². The van der Waals surface area contributed by atoms with E-state index in [1.54, 1.807) is 18.9 Å². The van der Waals surface area contributed by atoms with Crippen molar-refractivity contribution < 1.29 is 9.53 Å². The average Bonchev–Trinajstić information content (AvgIpc) is 2.36. The minimum absolute atomic E-state index is 0.179. The van der Waals surface area contributed by atoms with Crippen molar-refractivity contribution in [3.63, 3.8) is 0 Å². The molecule has 1 aromatic rings. The molecule has 86 valence electrons. The van der Waals surface area contributed by atoms with Crippen LogP contribution < -0.4 is 0 Å². The summed E-state index contributed by atoms with van der Waals surface area (Å²) in [6, 6.07) is 8.25. The standard InChI is InChI=1S/C14H12O2S/c1-16-11-7-10-6-9-4-2-3-5-13(9)17-14(10)12(15)8-11/h2-5,7H,6,8H2,1H3. The molecule has 0 unspecified atom stereocenters. The zero-order chi connectivity index (χ0) is 11.8. The Morgan fingerprint density at radius 1 is 1.24 bits per heavy atom. The van der Waals surface area contributed by atoms with Gasteiger partial charge < -0.3 is 4.74 Å². The van der Waals surface area contributed by atoms with Gasteiger partial charge in [0.2, 0.25) is 0 Å². The SMILES string of the molecule is COC1=CC2=C(Sc3ccccc3C2)C(=O)C1. The van der Waals surface area contributed by atoms with E-state index in [4.69, 9.17) is 4.74 Å². The fourth-order valence-corrected chi connectivity index (χ4v) is 3.26. The number of hydrogen-bond acceptors (Lipinski definition) is 3. The largest absolute Gasteiger partial charge is 0.501 e. The number of Topliss-reactive ketones (excluding diaryl/α,β-unsaturated/α-hetero) is 1. The van der Waals surface area contributed by atoms with Gasteiger partial charge in [0.25, 0.3) is 0 Å². The minimum Gasteiger partial charge on any atom is -0.501 e. The molecule has 0 fully saturated rings. The first-order chi connectivity index (χ1) is 8.28. The van der Waals surface area contributed by atoms with Crippen LogP contribution in [0.4, 0.5) is 0 Å². The molecule has 2 aliphatic rings. The van der Waals surface area contributed by atoms with Crippen LogP contribution in [0.2, 0.25) is 0 Å². The summed E-state index contributed by atoms with van der Waals surface area (Å²) in [6.45, 7) is 0. The van der Waals surface area contributed by atoms with Gasteiger partial charge in [-0.1, -0.05) is 30.0 Å². The molecule has 0 bridgehead atoms. The van der Waals surface area contributed by atoms with Gasteiger partial charge in [0.15, 0.2) is 5.78 Å². The van der Waals surface area contributed by atoms with E-state index in [2.05, 4.69) is 12.1 Å². The van der Waals surface area contributed by atoms with Crippen LogP contribution >= 0.6 is 11.8 Å². The quantitative estimate of drug-likeness (QED) is 0.759. The lowest BCUT2D eigenvalue weighted by Crippen LogP contribution is -2.14. The predicted molar refractivity (Wildman–Crippen MR) is 67.7 cm³/mol. The van der Waals surface area contributed by atoms with Gasteiger partial charge in [0.1, 0.15) is 5.76 Å². The zero-order valence-electron chi connectivity index (χ0n) is 9.53. The minimum atomic E-state index is 0.179. The Morgan fingerprint density at radius 3 is 2.88 bits per heavy atom. The Hall–Kier alpha value is -1.48. The van der Waals surface area contributed by atoms with Gasteiger partial charge in [-0.25, -0.2) is 0 Å². The van der Waals surface area contributed by atoms with E-state index in [0.717, 1.165) is 22.7 Å². The molecule has 1 aliphatic carbocycles. The second-order valence-electron chi connectivity index (χ2n) is 4.16. The third-order valence-corrected chi connectivity index (χ3v) is 4.35. The average molecular weight is 244 g/mol. The van der Waals surface area contributed by atoms with Crippen molar-refractivity contribution in [2.45, 2.75) is 17.7 Å². The maximum atomic E-state index is 12.0. The Labute approximate surface area is 104 Å². The van der Waals surface area contributed by atoms with E-state index in [-0.39, 0.29) is 5.78 Å². The molecular formula is C14H12O2S. The first kappa shape index (κ1) is 10.7. The van der Waals surface area contributed by atoms with Crippen molar-refractivity contribution in [2.75, 3.05) is 7.11 Å². The van der Waals surface area contributed by atoms with Crippen LogP contribution in [0.5, 0.6) is 0 Å². The van der Waals surface area contributed by atoms with Gasteiger partial charge >= 0.3 is 0 Å². The molecule has 0 saturated heterocycles. The number of thioether (sulfide) groups is 1. The second-order valence-corrected chi connectivity index (χ2v) is 5.21. The molecular weight excluding hydrogens is 232 g/mol. The van der Waals surface area contributed by atoms with E-state index >= 15 is 0 Å². The van der Waals surface area contributed by atoms with Crippen molar-refractivity contribution in [1.82, 2.24) is 0 Å². The van der Waals surface area contributed by atoms with Crippen molar-refractivity contribution in [3.8, 4) is 0 Å². The summed E-state index contributed by atoms with van der Waals surface area (Å²) in [5.74, 6) is 0.951. The van der Waals surface area contributed by atoms with Crippen molar-refractivity contribution in [3.05, 3.63) is 52.1 Å². The molecule has 1 aliphatic heterocycles. The number of methoxy groups -OCH3 is 1. The number of carbonyl (C=O) groups excluding carboxylic acids is 1. The second kappa shape index (κ2) is 4.08. The third-order valence-electron chi connectivity index (χ3n) is 3.04. The summed E-state index contributed by atoms with van der Waals surface area (Å²) < 4.78 is 5.20. The number of carbonyl (C=O) groups is 1. The van der Waals surface area contributed by atoms with Crippen molar-refractivity contribution in [2.24, 2.45) is 0 Å². The molecule has 0 N–H and O–H groups in total.